The van der Waals surface area contributed by atoms with Gasteiger partial charge in [0.1, 0.15) is 5.75 Å². The van der Waals surface area contributed by atoms with Crippen molar-refractivity contribution < 1.29 is 17.9 Å². The fraction of sp³-hybridized carbons (Fsp3) is 0.458. The van der Waals surface area contributed by atoms with E-state index in [4.69, 9.17) is 4.74 Å². The van der Waals surface area contributed by atoms with E-state index >= 15 is 0 Å². The van der Waals surface area contributed by atoms with Gasteiger partial charge in [-0.1, -0.05) is 12.1 Å². The number of rotatable bonds is 10. The van der Waals surface area contributed by atoms with Crippen molar-refractivity contribution in [3.63, 3.8) is 0 Å². The number of carbonyl (C=O) groups excluding carboxylic acids is 1. The second-order valence-electron chi connectivity index (χ2n) is 7.89. The number of hydrogen-bond acceptors (Lipinski definition) is 5. The first-order valence-electron chi connectivity index (χ1n) is 11.2. The molecular weight excluding hydrogens is 426 g/mol. The van der Waals surface area contributed by atoms with Gasteiger partial charge in [0.25, 0.3) is 5.91 Å². The average molecular weight is 460 g/mol. The molecule has 1 unspecified atom stereocenters. The number of ether oxygens (including phenoxy) is 1. The van der Waals surface area contributed by atoms with Crippen LogP contribution in [-0.2, 0) is 10.0 Å². The predicted octanol–water partition coefficient (Wildman–Crippen LogP) is 3.29. The van der Waals surface area contributed by atoms with Gasteiger partial charge >= 0.3 is 0 Å². The second-order valence-corrected chi connectivity index (χ2v) is 9.66. The number of carbonyl (C=O) groups is 1. The van der Waals surface area contributed by atoms with Crippen molar-refractivity contribution >= 4 is 15.9 Å². The summed E-state index contributed by atoms with van der Waals surface area (Å²) in [6.07, 6.45) is 2.21. The number of nitrogens with one attached hydrogen (secondary N) is 1. The molecule has 0 radical (unpaired) electrons. The first-order chi connectivity index (χ1) is 15.4. The van der Waals surface area contributed by atoms with Gasteiger partial charge in [-0.25, -0.2) is 13.1 Å². The summed E-state index contributed by atoms with van der Waals surface area (Å²) in [4.78, 5) is 16.7. The Morgan fingerprint density at radius 2 is 1.75 bits per heavy atom. The van der Waals surface area contributed by atoms with Crippen molar-refractivity contribution in [2.75, 3.05) is 39.8 Å². The summed E-state index contributed by atoms with van der Waals surface area (Å²) in [6, 6.07) is 13.9. The van der Waals surface area contributed by atoms with E-state index in [1.54, 1.807) is 24.1 Å². The summed E-state index contributed by atoms with van der Waals surface area (Å²) in [5, 5.41) is 0. The van der Waals surface area contributed by atoms with E-state index in [2.05, 4.69) is 9.62 Å². The largest absolute Gasteiger partial charge is 0.497 e. The van der Waals surface area contributed by atoms with Crippen LogP contribution in [0.1, 0.15) is 48.7 Å². The molecule has 1 atom stereocenters. The highest BCUT2D eigenvalue weighted by Gasteiger charge is 2.26. The number of methoxy groups -OCH3 is 1. The third-order valence-electron chi connectivity index (χ3n) is 5.99. The van der Waals surface area contributed by atoms with Gasteiger partial charge in [0.15, 0.2) is 0 Å². The molecule has 0 spiro atoms. The van der Waals surface area contributed by atoms with E-state index in [-0.39, 0.29) is 23.4 Å². The average Bonchev–Trinajstić information content (AvgIpc) is 3.34. The Hall–Kier alpha value is -2.42. The molecule has 2 aromatic rings. The maximum absolute atomic E-state index is 13.0. The molecule has 174 valence electrons. The van der Waals surface area contributed by atoms with Crippen molar-refractivity contribution in [1.29, 1.82) is 0 Å². The van der Waals surface area contributed by atoms with Crippen molar-refractivity contribution in [2.24, 2.45) is 0 Å². The molecule has 0 aromatic heterocycles. The second kappa shape index (κ2) is 10.9. The molecule has 1 heterocycles. The van der Waals surface area contributed by atoms with Crippen LogP contribution in [0.3, 0.4) is 0 Å². The van der Waals surface area contributed by atoms with Gasteiger partial charge in [0, 0.05) is 31.2 Å². The minimum Gasteiger partial charge on any atom is -0.497 e. The minimum absolute atomic E-state index is 0.0779. The summed E-state index contributed by atoms with van der Waals surface area (Å²) in [7, 11) is -2.09. The molecule has 0 saturated carbocycles. The lowest BCUT2D eigenvalue weighted by Gasteiger charge is -2.28. The zero-order valence-corrected chi connectivity index (χ0v) is 19.9. The Morgan fingerprint density at radius 1 is 1.09 bits per heavy atom. The van der Waals surface area contributed by atoms with Gasteiger partial charge < -0.3 is 9.64 Å². The van der Waals surface area contributed by atoms with Gasteiger partial charge in [0.05, 0.1) is 12.0 Å². The maximum Gasteiger partial charge on any atom is 0.253 e. The third-order valence-corrected chi connectivity index (χ3v) is 7.43. The van der Waals surface area contributed by atoms with E-state index in [9.17, 15) is 13.2 Å². The summed E-state index contributed by atoms with van der Waals surface area (Å²) in [6.45, 7) is 7.19. The smallest absolute Gasteiger partial charge is 0.253 e. The monoisotopic (exact) mass is 459 g/mol. The predicted molar refractivity (Wildman–Crippen MR) is 125 cm³/mol. The van der Waals surface area contributed by atoms with Crippen molar-refractivity contribution in [1.82, 2.24) is 14.5 Å². The van der Waals surface area contributed by atoms with Gasteiger partial charge in [-0.15, -0.1) is 0 Å². The minimum atomic E-state index is -3.72. The maximum atomic E-state index is 13.0. The van der Waals surface area contributed by atoms with Crippen LogP contribution in [0.15, 0.2) is 53.4 Å². The van der Waals surface area contributed by atoms with Crippen LogP contribution in [0.25, 0.3) is 0 Å². The van der Waals surface area contributed by atoms with Crippen LogP contribution in [0.2, 0.25) is 0 Å². The molecule has 1 aliphatic heterocycles. The molecule has 1 N–H and O–H groups in total. The normalized spacial score (nSPS) is 15.5. The Balaban J connectivity index is 1.75. The van der Waals surface area contributed by atoms with Crippen LogP contribution in [-0.4, -0.2) is 64.0 Å². The highest BCUT2D eigenvalue weighted by molar-refractivity contribution is 7.89. The lowest BCUT2D eigenvalue weighted by molar-refractivity contribution is 0.0773. The Kier molecular flexibility index (Phi) is 8.28. The highest BCUT2D eigenvalue weighted by Crippen LogP contribution is 2.27. The van der Waals surface area contributed by atoms with Gasteiger partial charge in [-0.3, -0.25) is 9.69 Å². The van der Waals surface area contributed by atoms with Crippen LogP contribution >= 0.6 is 0 Å². The van der Waals surface area contributed by atoms with E-state index in [1.807, 2.05) is 38.1 Å². The van der Waals surface area contributed by atoms with Crippen molar-refractivity contribution in [3.05, 3.63) is 59.7 Å². The Labute approximate surface area is 191 Å². The molecule has 7 nitrogen and oxygen atoms in total. The Morgan fingerprint density at radius 3 is 2.34 bits per heavy atom. The van der Waals surface area contributed by atoms with Gasteiger partial charge in [0.2, 0.25) is 10.0 Å². The number of hydrogen-bond donors (Lipinski definition) is 1. The molecule has 1 amide bonds. The molecule has 3 rings (SSSR count). The molecule has 1 aliphatic rings. The lowest BCUT2D eigenvalue weighted by Crippen LogP contribution is -2.36. The summed E-state index contributed by atoms with van der Waals surface area (Å²) >= 11 is 0. The summed E-state index contributed by atoms with van der Waals surface area (Å²) in [5.74, 6) is 0.655. The standard InChI is InChI=1S/C24H33N3O4S/c1-4-26(5-2)24(28)19-11-13-22(14-12-19)32(29,30)25-18-23(27-15-6-7-16-27)20-9-8-10-21(17-20)31-3/h8-14,17,23,25H,4-7,15-16,18H2,1-3H3. The molecule has 0 aliphatic carbocycles. The van der Waals surface area contributed by atoms with E-state index < -0.39 is 10.0 Å². The molecule has 1 saturated heterocycles. The molecule has 1 fully saturated rings. The first kappa shape index (κ1) is 24.2. The highest BCUT2D eigenvalue weighted by atomic mass is 32.2. The van der Waals surface area contributed by atoms with E-state index in [0.29, 0.717) is 18.7 Å². The zero-order chi connectivity index (χ0) is 23.1. The molecular formula is C24H33N3O4S. The number of likely N-dealkylation sites (tertiary alicyclic amines) is 1. The molecule has 8 heteroatoms. The van der Waals surface area contributed by atoms with E-state index in [0.717, 1.165) is 37.2 Å². The van der Waals surface area contributed by atoms with Crippen molar-refractivity contribution in [3.8, 4) is 5.75 Å². The molecule has 0 bridgehead atoms. The van der Waals surface area contributed by atoms with Gasteiger partial charge in [-0.2, -0.15) is 0 Å². The molecule has 32 heavy (non-hydrogen) atoms. The summed E-state index contributed by atoms with van der Waals surface area (Å²) < 4.78 is 34.1. The fourth-order valence-electron chi connectivity index (χ4n) is 4.10. The van der Waals surface area contributed by atoms with Crippen LogP contribution in [0.5, 0.6) is 5.75 Å². The Bertz CT molecular complexity index is 998. The SMILES string of the molecule is CCN(CC)C(=O)c1ccc(S(=O)(=O)NCC(c2cccc(OC)c2)N2CCCC2)cc1. The topological polar surface area (TPSA) is 79.0 Å². The number of amides is 1. The third kappa shape index (κ3) is 5.68. The lowest BCUT2D eigenvalue weighted by atomic mass is 10.1. The number of nitrogens with zero attached hydrogens (tertiary/aromatic N) is 2. The zero-order valence-electron chi connectivity index (χ0n) is 19.1. The number of sulfonamides is 1. The van der Waals surface area contributed by atoms with Gasteiger partial charge in [-0.05, 0) is 81.7 Å². The first-order valence-corrected chi connectivity index (χ1v) is 12.6. The van der Waals surface area contributed by atoms with Crippen LogP contribution in [0.4, 0.5) is 0 Å². The molecule has 2 aromatic carbocycles. The number of benzene rings is 2. The van der Waals surface area contributed by atoms with E-state index in [1.165, 1.54) is 12.1 Å². The van der Waals surface area contributed by atoms with Crippen molar-refractivity contribution in [2.45, 2.75) is 37.6 Å². The summed E-state index contributed by atoms with van der Waals surface area (Å²) in [5.41, 5.74) is 1.51. The quantitative estimate of drug-likeness (QED) is 0.590. The van der Waals surface area contributed by atoms with Crippen LogP contribution < -0.4 is 9.46 Å². The van der Waals surface area contributed by atoms with Crippen LogP contribution in [0, 0.1) is 0 Å². The fourth-order valence-corrected chi connectivity index (χ4v) is 5.14.